The van der Waals surface area contributed by atoms with Crippen LogP contribution in [0.5, 0.6) is 0 Å². The van der Waals surface area contributed by atoms with Gasteiger partial charge in [0.05, 0.1) is 18.8 Å². The Morgan fingerprint density at radius 1 is 1.12 bits per heavy atom. The Morgan fingerprint density at radius 3 is 2.33 bits per heavy atom. The van der Waals surface area contributed by atoms with Crippen molar-refractivity contribution >= 4 is 29.3 Å². The summed E-state index contributed by atoms with van der Waals surface area (Å²) in [5.74, 6) is -0.372. The quantitative estimate of drug-likeness (QED) is 0.287. The minimum atomic E-state index is -4.46. The zero-order valence-electron chi connectivity index (χ0n) is 22.7. The van der Waals surface area contributed by atoms with Gasteiger partial charge in [0, 0.05) is 29.1 Å². The van der Waals surface area contributed by atoms with Gasteiger partial charge in [0.2, 0.25) is 0 Å². The molecule has 4 rings (SSSR count). The van der Waals surface area contributed by atoms with Crippen molar-refractivity contribution in [3.05, 3.63) is 69.1 Å². The molecule has 0 radical (unpaired) electrons. The Balaban J connectivity index is 1.54. The van der Waals surface area contributed by atoms with Gasteiger partial charge in [-0.05, 0) is 76.0 Å². The van der Waals surface area contributed by atoms with E-state index in [4.69, 9.17) is 32.7 Å². The van der Waals surface area contributed by atoms with E-state index in [2.05, 4.69) is 5.43 Å². The molecule has 1 aromatic rings. The van der Waals surface area contributed by atoms with Gasteiger partial charge in [-0.1, -0.05) is 35.3 Å². The number of likely N-dealkylation sites (tertiary alicyclic amines) is 1. The molecule has 40 heavy (non-hydrogen) atoms. The largest absolute Gasteiger partial charge is 0.444 e. The van der Waals surface area contributed by atoms with Gasteiger partial charge in [-0.3, -0.25) is 0 Å². The Kier molecular flexibility index (Phi) is 8.86. The number of carbonyl (C=O) groups is 1. The molecule has 3 aliphatic rings. The molecule has 1 N–H and O–H groups in total. The van der Waals surface area contributed by atoms with Crippen molar-refractivity contribution < 1.29 is 31.8 Å². The fraction of sp³-hybridized carbons (Fsp3) is 0.536. The molecular formula is C28H33Cl2F4N3O3. The molecule has 0 bridgehead atoms. The van der Waals surface area contributed by atoms with Crippen LogP contribution in [0.2, 0.25) is 0 Å². The summed E-state index contributed by atoms with van der Waals surface area (Å²) in [6, 6.07) is 5.36. The first-order valence-electron chi connectivity index (χ1n) is 13.0. The second-order valence-electron chi connectivity index (χ2n) is 11.4. The third kappa shape index (κ3) is 7.13. The van der Waals surface area contributed by atoms with Gasteiger partial charge in [0.25, 0.3) is 0 Å². The smallest absolute Gasteiger partial charge is 0.410 e. The van der Waals surface area contributed by atoms with Gasteiger partial charge in [-0.25, -0.2) is 14.2 Å². The van der Waals surface area contributed by atoms with E-state index in [0.717, 1.165) is 10.6 Å². The topological polar surface area (TPSA) is 54.0 Å². The molecule has 1 fully saturated rings. The number of nitrogens with zero attached hydrogens (tertiary/aromatic N) is 2. The first-order valence-corrected chi connectivity index (χ1v) is 13.8. The molecule has 1 aliphatic carbocycles. The van der Waals surface area contributed by atoms with E-state index in [1.165, 1.54) is 12.1 Å². The molecule has 1 aromatic carbocycles. The van der Waals surface area contributed by atoms with Gasteiger partial charge >= 0.3 is 12.3 Å². The number of benzene rings is 1. The van der Waals surface area contributed by atoms with Gasteiger partial charge in [-0.15, -0.1) is 0 Å². The molecule has 0 saturated carbocycles. The monoisotopic (exact) mass is 605 g/mol. The highest BCUT2D eigenvalue weighted by molar-refractivity contribution is 6.32. The number of rotatable bonds is 6. The summed E-state index contributed by atoms with van der Waals surface area (Å²) in [6.07, 6.45) is -1.31. The summed E-state index contributed by atoms with van der Waals surface area (Å²) in [6.45, 7) is 6.92. The van der Waals surface area contributed by atoms with Crippen molar-refractivity contribution in [3.8, 4) is 0 Å². The van der Waals surface area contributed by atoms with Crippen molar-refractivity contribution in [2.24, 2.45) is 0 Å². The third-order valence-electron chi connectivity index (χ3n) is 7.27. The van der Waals surface area contributed by atoms with Crippen LogP contribution in [0.25, 0.3) is 0 Å². The van der Waals surface area contributed by atoms with E-state index in [-0.39, 0.29) is 17.6 Å². The summed E-state index contributed by atoms with van der Waals surface area (Å²) in [5.41, 5.74) is 3.22. The Bertz CT molecular complexity index is 1200. The van der Waals surface area contributed by atoms with E-state index in [9.17, 15) is 22.4 Å². The lowest BCUT2D eigenvalue weighted by atomic mass is 9.73. The van der Waals surface area contributed by atoms with Crippen LogP contribution < -0.4 is 5.43 Å². The number of carbonyl (C=O) groups excluding carboxylic acids is 1. The average molecular weight is 606 g/mol. The fourth-order valence-corrected chi connectivity index (χ4v) is 5.79. The van der Waals surface area contributed by atoms with Crippen molar-refractivity contribution in [1.82, 2.24) is 15.3 Å². The Morgan fingerprint density at radius 2 is 1.75 bits per heavy atom. The second kappa shape index (κ2) is 11.5. The molecule has 220 valence electrons. The molecule has 0 aromatic heterocycles. The first kappa shape index (κ1) is 30.7. The van der Waals surface area contributed by atoms with Crippen LogP contribution in [0, 0.1) is 5.82 Å². The lowest BCUT2D eigenvalue weighted by molar-refractivity contribution is -0.152. The maximum atomic E-state index is 13.8. The normalized spacial score (nSPS) is 22.4. The van der Waals surface area contributed by atoms with Crippen LogP contribution in [0.4, 0.5) is 22.4 Å². The number of piperidine rings is 1. The van der Waals surface area contributed by atoms with Crippen molar-refractivity contribution in [2.75, 3.05) is 26.2 Å². The van der Waals surface area contributed by atoms with Crippen molar-refractivity contribution in [3.63, 3.8) is 0 Å². The van der Waals surface area contributed by atoms with E-state index < -0.39 is 42.0 Å². The molecule has 0 spiro atoms. The van der Waals surface area contributed by atoms with Crippen LogP contribution in [0.15, 0.2) is 57.8 Å². The highest BCUT2D eigenvalue weighted by Gasteiger charge is 2.44. The van der Waals surface area contributed by atoms with Gasteiger partial charge in [0.1, 0.15) is 23.1 Å². The summed E-state index contributed by atoms with van der Waals surface area (Å²) in [4.78, 5) is 14.3. The number of fused-ring (bicyclic) bond motifs is 1. The van der Waals surface area contributed by atoms with Gasteiger partial charge in [-0.2, -0.15) is 13.2 Å². The van der Waals surface area contributed by atoms with Crippen LogP contribution >= 0.6 is 23.2 Å². The van der Waals surface area contributed by atoms with E-state index in [1.54, 1.807) is 56.9 Å². The highest BCUT2D eigenvalue weighted by Crippen LogP contribution is 2.41. The summed E-state index contributed by atoms with van der Waals surface area (Å²) in [7, 11) is 0. The maximum absolute atomic E-state index is 13.8. The van der Waals surface area contributed by atoms with Gasteiger partial charge in [0.15, 0.2) is 0 Å². The van der Waals surface area contributed by atoms with E-state index in [0.29, 0.717) is 42.1 Å². The number of alkyl halides is 3. The molecular weight excluding hydrogens is 573 g/mol. The molecule has 1 amide bonds. The van der Waals surface area contributed by atoms with Crippen molar-refractivity contribution in [1.29, 1.82) is 0 Å². The molecule has 1 saturated heterocycles. The maximum Gasteiger partial charge on any atom is 0.410 e. The SMILES string of the molecule is C[C@@H](OCC1(c2ccc(F)cc2)CCN(C(=O)OC(C)(C)C)CC1)C1=CC(Cl)=CC2=C(Cl)NN(CC(F)(F)F)C12. The Labute approximate surface area is 241 Å². The standard InChI is InChI=1S/C28H33Cl2F4N3O3/c1-17(21-13-19(29)14-22-23(21)37(35-24(22)30)15-28(32,33)34)39-16-27(18-5-7-20(31)8-6-18)9-11-36(12-10-27)25(38)40-26(2,3)4/h5-8,13-14,17,23,35H,9-12,15-16H2,1-4H3/t17-,23?/m1/s1. The number of hydrazine groups is 1. The number of amides is 1. The number of hydrogen-bond acceptors (Lipinski definition) is 5. The molecule has 2 heterocycles. The first-order chi connectivity index (χ1) is 18.6. The lowest BCUT2D eigenvalue weighted by Crippen LogP contribution is -2.50. The highest BCUT2D eigenvalue weighted by atomic mass is 35.5. The van der Waals surface area contributed by atoms with Crippen LogP contribution in [-0.4, -0.2) is 66.2 Å². The summed E-state index contributed by atoms with van der Waals surface area (Å²) < 4.78 is 65.7. The molecule has 1 unspecified atom stereocenters. The number of ether oxygens (including phenoxy) is 2. The van der Waals surface area contributed by atoms with Crippen LogP contribution in [0.1, 0.15) is 46.1 Å². The van der Waals surface area contributed by atoms with Crippen LogP contribution in [-0.2, 0) is 14.9 Å². The fourth-order valence-electron chi connectivity index (χ4n) is 5.28. The van der Waals surface area contributed by atoms with Gasteiger partial charge < -0.3 is 19.8 Å². The number of halogens is 6. The van der Waals surface area contributed by atoms with Crippen molar-refractivity contribution in [2.45, 2.75) is 69.9 Å². The number of allylic oxidation sites excluding steroid dienone is 2. The van der Waals surface area contributed by atoms with E-state index >= 15 is 0 Å². The zero-order chi connectivity index (χ0) is 29.5. The minimum absolute atomic E-state index is 0.0718. The summed E-state index contributed by atoms with van der Waals surface area (Å²) in [5, 5.41) is 1.42. The molecule has 2 atom stereocenters. The second-order valence-corrected chi connectivity index (χ2v) is 12.2. The molecule has 6 nitrogen and oxygen atoms in total. The number of hydrogen-bond donors (Lipinski definition) is 1. The predicted octanol–water partition coefficient (Wildman–Crippen LogP) is 6.76. The number of nitrogens with one attached hydrogen (secondary N) is 1. The lowest BCUT2D eigenvalue weighted by Gasteiger charge is -2.43. The Hall–Kier alpha value is -2.27. The zero-order valence-corrected chi connectivity index (χ0v) is 24.3. The summed E-state index contributed by atoms with van der Waals surface area (Å²) >= 11 is 12.6. The van der Waals surface area contributed by atoms with E-state index in [1.807, 2.05) is 0 Å². The van der Waals surface area contributed by atoms with Crippen LogP contribution in [0.3, 0.4) is 0 Å². The molecule has 2 aliphatic heterocycles. The third-order valence-corrected chi connectivity index (χ3v) is 7.79. The molecule has 12 heteroatoms. The predicted molar refractivity (Wildman–Crippen MR) is 145 cm³/mol. The average Bonchev–Trinajstić information content (AvgIpc) is 3.14. The minimum Gasteiger partial charge on any atom is -0.444 e.